The summed E-state index contributed by atoms with van der Waals surface area (Å²) in [5.41, 5.74) is 0. The molecule has 0 aliphatic carbocycles. The lowest BCUT2D eigenvalue weighted by Gasteiger charge is -2.24. The Hall–Kier alpha value is -1.18. The Bertz CT molecular complexity index is 858. The molecule has 296 valence electrons. The lowest BCUT2D eigenvalue weighted by atomic mass is 10.0. The second-order valence-corrected chi connectivity index (χ2v) is 16.5. The van der Waals surface area contributed by atoms with Gasteiger partial charge in [0.15, 0.2) is 6.10 Å². The molecule has 0 amide bonds. The van der Waals surface area contributed by atoms with Gasteiger partial charge in [-0.15, -0.1) is 0 Å². The summed E-state index contributed by atoms with van der Waals surface area (Å²) >= 11 is 0. The van der Waals surface area contributed by atoms with Crippen LogP contribution in [0, 0.1) is 0 Å². The van der Waals surface area contributed by atoms with Crippen molar-refractivity contribution in [1.29, 1.82) is 0 Å². The van der Waals surface area contributed by atoms with E-state index >= 15 is 0 Å². The molecule has 0 aliphatic heterocycles. The van der Waals surface area contributed by atoms with E-state index in [1.54, 1.807) is 6.26 Å². The monoisotopic (exact) mass is 731 g/mol. The van der Waals surface area contributed by atoms with Crippen molar-refractivity contribution in [3.05, 3.63) is 24.5 Å². The van der Waals surface area contributed by atoms with Crippen LogP contribution in [-0.4, -0.2) is 69.0 Å². The van der Waals surface area contributed by atoms with Gasteiger partial charge in [0.2, 0.25) is 0 Å². The van der Waals surface area contributed by atoms with Crippen LogP contribution in [0.1, 0.15) is 181 Å². The van der Waals surface area contributed by atoms with E-state index in [1.165, 1.54) is 116 Å². The van der Waals surface area contributed by atoms with Crippen molar-refractivity contribution < 1.29 is 37.3 Å². The van der Waals surface area contributed by atoms with Crippen molar-refractivity contribution in [2.75, 3.05) is 47.5 Å². The van der Waals surface area contributed by atoms with E-state index in [9.17, 15) is 14.3 Å². The van der Waals surface area contributed by atoms with Crippen LogP contribution in [0.15, 0.2) is 24.5 Å². The molecular formula is C41H81NO7P+. The third kappa shape index (κ3) is 38.1. The van der Waals surface area contributed by atoms with Gasteiger partial charge in [0, 0.05) is 6.42 Å². The molecular weight excluding hydrogens is 649 g/mol. The highest BCUT2D eigenvalue weighted by molar-refractivity contribution is 7.47. The Morgan fingerprint density at radius 2 is 1.06 bits per heavy atom. The van der Waals surface area contributed by atoms with E-state index in [-0.39, 0.29) is 25.8 Å². The van der Waals surface area contributed by atoms with E-state index in [1.807, 2.05) is 27.2 Å². The van der Waals surface area contributed by atoms with Gasteiger partial charge < -0.3 is 18.9 Å². The number of nitrogens with zero attached hydrogens (tertiary/aromatic N) is 1. The van der Waals surface area contributed by atoms with Crippen LogP contribution < -0.4 is 0 Å². The number of phosphoric ester groups is 1. The zero-order valence-electron chi connectivity index (χ0n) is 33.4. The summed E-state index contributed by atoms with van der Waals surface area (Å²) in [5.74, 6) is -0.345. The molecule has 0 rings (SSSR count). The summed E-state index contributed by atoms with van der Waals surface area (Å²) in [6, 6.07) is 0. The molecule has 0 saturated carbocycles. The molecule has 50 heavy (non-hydrogen) atoms. The van der Waals surface area contributed by atoms with Crippen LogP contribution in [0.5, 0.6) is 0 Å². The minimum Gasteiger partial charge on any atom is -0.498 e. The smallest absolute Gasteiger partial charge is 0.472 e. The van der Waals surface area contributed by atoms with Gasteiger partial charge in [0.1, 0.15) is 19.8 Å². The number of esters is 1. The lowest BCUT2D eigenvalue weighted by molar-refractivity contribution is -0.870. The van der Waals surface area contributed by atoms with Crippen molar-refractivity contribution in [2.45, 2.75) is 187 Å². The molecule has 0 heterocycles. The maximum Gasteiger partial charge on any atom is 0.472 e. The fraction of sp³-hybridized carbons (Fsp3) is 0.878. The number of likely N-dealkylation sites (N-methyl/N-ethyl adjacent to an activating group) is 1. The topological polar surface area (TPSA) is 91.3 Å². The van der Waals surface area contributed by atoms with E-state index in [2.05, 4.69) is 26.0 Å². The Kier molecular flexibility index (Phi) is 34.1. The van der Waals surface area contributed by atoms with Crippen molar-refractivity contribution >= 4 is 13.8 Å². The zero-order valence-corrected chi connectivity index (χ0v) is 34.3. The molecule has 0 bridgehead atoms. The zero-order chi connectivity index (χ0) is 37.0. The van der Waals surface area contributed by atoms with Crippen molar-refractivity contribution in [3.8, 4) is 0 Å². The minimum absolute atomic E-state index is 0.0474. The maximum atomic E-state index is 12.6. The summed E-state index contributed by atoms with van der Waals surface area (Å²) < 4.78 is 34.6. The molecule has 1 N–H and O–H groups in total. The van der Waals surface area contributed by atoms with Crippen molar-refractivity contribution in [1.82, 2.24) is 0 Å². The summed E-state index contributed by atoms with van der Waals surface area (Å²) in [5, 5.41) is 0. The van der Waals surface area contributed by atoms with Crippen LogP contribution >= 0.6 is 7.82 Å². The first-order valence-electron chi connectivity index (χ1n) is 20.6. The third-order valence-electron chi connectivity index (χ3n) is 8.83. The Morgan fingerprint density at radius 3 is 1.58 bits per heavy atom. The third-order valence-corrected chi connectivity index (χ3v) is 9.81. The fourth-order valence-electron chi connectivity index (χ4n) is 5.57. The first-order valence-corrected chi connectivity index (χ1v) is 22.1. The molecule has 0 aliphatic rings. The highest BCUT2D eigenvalue weighted by Gasteiger charge is 2.26. The number of carbonyl (C=O) groups is 1. The van der Waals surface area contributed by atoms with Crippen LogP contribution in [0.4, 0.5) is 0 Å². The quantitative estimate of drug-likeness (QED) is 0.0169. The predicted molar refractivity (Wildman–Crippen MR) is 210 cm³/mol. The van der Waals surface area contributed by atoms with Crippen molar-refractivity contribution in [2.24, 2.45) is 0 Å². The molecule has 0 radical (unpaired) electrons. The van der Waals surface area contributed by atoms with E-state index in [0.717, 1.165) is 44.9 Å². The molecule has 8 nitrogen and oxygen atoms in total. The largest absolute Gasteiger partial charge is 0.498 e. The van der Waals surface area contributed by atoms with Gasteiger partial charge in [-0.3, -0.25) is 13.8 Å². The van der Waals surface area contributed by atoms with Gasteiger partial charge in [0.05, 0.1) is 34.0 Å². The number of hydrogen-bond acceptors (Lipinski definition) is 6. The van der Waals surface area contributed by atoms with Crippen LogP contribution in [0.3, 0.4) is 0 Å². The Morgan fingerprint density at radius 1 is 0.620 bits per heavy atom. The fourth-order valence-corrected chi connectivity index (χ4v) is 6.31. The van der Waals surface area contributed by atoms with Gasteiger partial charge in [-0.1, -0.05) is 142 Å². The van der Waals surface area contributed by atoms with Gasteiger partial charge in [-0.2, -0.15) is 0 Å². The van der Waals surface area contributed by atoms with Crippen LogP contribution in [0.25, 0.3) is 0 Å². The van der Waals surface area contributed by atoms with E-state index in [0.29, 0.717) is 17.4 Å². The van der Waals surface area contributed by atoms with Crippen molar-refractivity contribution in [3.63, 3.8) is 0 Å². The maximum absolute atomic E-state index is 12.6. The second-order valence-electron chi connectivity index (χ2n) is 15.1. The van der Waals surface area contributed by atoms with Crippen LogP contribution in [0.2, 0.25) is 0 Å². The highest BCUT2D eigenvalue weighted by Crippen LogP contribution is 2.43. The van der Waals surface area contributed by atoms with Crippen LogP contribution in [-0.2, 0) is 27.9 Å². The normalized spacial score (nSPS) is 14.0. The number of ether oxygens (including phenoxy) is 2. The number of unbranched alkanes of at least 4 members (excludes halogenated alkanes) is 22. The number of hydrogen-bond donors (Lipinski definition) is 1. The molecule has 0 saturated heterocycles. The molecule has 0 aromatic heterocycles. The average Bonchev–Trinajstić information content (AvgIpc) is 3.06. The number of phosphoric acid groups is 1. The van der Waals surface area contributed by atoms with Gasteiger partial charge in [-0.25, -0.2) is 4.57 Å². The summed E-state index contributed by atoms with van der Waals surface area (Å²) in [6.45, 7) is 4.90. The molecule has 0 aromatic rings. The average molecular weight is 731 g/mol. The molecule has 9 heteroatoms. The predicted octanol–water partition coefficient (Wildman–Crippen LogP) is 12.0. The number of allylic oxidation sites excluding steroid dienone is 3. The van der Waals surface area contributed by atoms with Gasteiger partial charge in [0.25, 0.3) is 0 Å². The Balaban J connectivity index is 4.31. The first-order chi connectivity index (χ1) is 24.1. The molecule has 0 fully saturated rings. The number of quaternary nitrogens is 1. The second kappa shape index (κ2) is 34.9. The minimum atomic E-state index is -4.28. The Labute approximate surface area is 309 Å². The molecule has 0 aromatic carbocycles. The number of rotatable bonds is 38. The first kappa shape index (κ1) is 48.8. The standard InChI is InChI=1S/C41H80NO7P/c1-6-8-10-12-14-16-18-20-21-22-23-25-27-29-31-33-36-46-38-40(39-48-50(44,45)47-37-35-42(3,4)5)49-41(43)34-32-30-28-26-24-19-17-15-13-11-9-7-2/h15,17,33,36,40H,6-14,16,18-32,34-35,37-39H2,1-5H3/p+1/b17-15-,36-33-/t40-/m1/s1. The molecule has 1 unspecified atom stereocenters. The summed E-state index contributed by atoms with van der Waals surface area (Å²) in [6.07, 6.45) is 38.7. The lowest BCUT2D eigenvalue weighted by Crippen LogP contribution is -2.37. The molecule has 2 atom stereocenters. The highest BCUT2D eigenvalue weighted by atomic mass is 31.2. The van der Waals surface area contributed by atoms with E-state index < -0.39 is 13.9 Å². The van der Waals surface area contributed by atoms with Gasteiger partial charge >= 0.3 is 13.8 Å². The number of carbonyl (C=O) groups excluding carboxylic acids is 1. The SMILES string of the molecule is CCCCC/C=C\CCCCCCCC(=O)O[C@H](CO/C=C\CCCCCCCCCCCCCCCC)COP(=O)(O)OCC[N+](C)(C)C. The summed E-state index contributed by atoms with van der Waals surface area (Å²) in [4.78, 5) is 22.8. The van der Waals surface area contributed by atoms with E-state index in [4.69, 9.17) is 18.5 Å². The summed E-state index contributed by atoms with van der Waals surface area (Å²) in [7, 11) is 1.63. The molecule has 0 spiro atoms. The van der Waals surface area contributed by atoms with Gasteiger partial charge in [-0.05, 0) is 51.0 Å².